The third-order valence-electron chi connectivity index (χ3n) is 4.98. The second-order valence-electron chi connectivity index (χ2n) is 7.50. The van der Waals surface area contributed by atoms with Crippen molar-refractivity contribution in [2.75, 3.05) is 7.05 Å². The minimum Gasteiger partial charge on any atom is -0.337 e. The lowest BCUT2D eigenvalue weighted by Gasteiger charge is -2.16. The summed E-state index contributed by atoms with van der Waals surface area (Å²) in [6.45, 7) is 6.75. The first kappa shape index (κ1) is 19.3. The van der Waals surface area contributed by atoms with Gasteiger partial charge in [0.2, 0.25) is 0 Å². The normalized spacial score (nSPS) is 11.3. The summed E-state index contributed by atoms with van der Waals surface area (Å²) in [6, 6.07) is 14.3. The van der Waals surface area contributed by atoms with E-state index in [2.05, 4.69) is 35.7 Å². The third-order valence-corrected chi connectivity index (χ3v) is 6.16. The van der Waals surface area contributed by atoms with Gasteiger partial charge in [0, 0.05) is 43.0 Å². The van der Waals surface area contributed by atoms with Crippen molar-refractivity contribution in [2.24, 2.45) is 0 Å². The Bertz CT molecular complexity index is 1160. The fourth-order valence-electron chi connectivity index (χ4n) is 3.46. The van der Waals surface area contributed by atoms with Crippen molar-refractivity contribution >= 4 is 28.3 Å². The summed E-state index contributed by atoms with van der Waals surface area (Å²) in [6.07, 6.45) is 3.91. The van der Waals surface area contributed by atoms with E-state index in [1.165, 1.54) is 11.3 Å². The summed E-state index contributed by atoms with van der Waals surface area (Å²) in [5, 5.41) is 1.92. The van der Waals surface area contributed by atoms with Crippen LogP contribution in [0.3, 0.4) is 0 Å². The summed E-state index contributed by atoms with van der Waals surface area (Å²) in [7, 11) is 1.84. The molecule has 3 aromatic heterocycles. The molecular weight excluding hydrogens is 380 g/mol. The molecule has 0 aliphatic rings. The monoisotopic (exact) mass is 404 g/mol. The van der Waals surface area contributed by atoms with Gasteiger partial charge in [-0.25, -0.2) is 9.97 Å². The summed E-state index contributed by atoms with van der Waals surface area (Å²) in [4.78, 5) is 24.8. The molecule has 0 saturated heterocycles. The van der Waals surface area contributed by atoms with E-state index in [1.54, 1.807) is 4.90 Å². The van der Waals surface area contributed by atoms with Gasteiger partial charge in [-0.3, -0.25) is 4.79 Å². The minimum atomic E-state index is 0.000765. The van der Waals surface area contributed by atoms with Crippen molar-refractivity contribution in [3.05, 3.63) is 71.0 Å². The maximum Gasteiger partial charge on any atom is 0.265 e. The first-order chi connectivity index (χ1) is 14.0. The second kappa shape index (κ2) is 7.79. The number of carbonyl (C=O) groups is 1. The van der Waals surface area contributed by atoms with E-state index < -0.39 is 0 Å². The number of pyridine rings is 1. The van der Waals surface area contributed by atoms with Gasteiger partial charge in [0.1, 0.15) is 15.5 Å². The minimum absolute atomic E-state index is 0.000765. The average Bonchev–Trinajstić information content (AvgIpc) is 3.29. The van der Waals surface area contributed by atoms with Gasteiger partial charge in [-0.05, 0) is 38.5 Å². The van der Waals surface area contributed by atoms with E-state index in [9.17, 15) is 4.79 Å². The molecule has 0 aliphatic heterocycles. The Balaban J connectivity index is 1.68. The number of hydrogen-bond donors (Lipinski definition) is 0. The Morgan fingerprint density at radius 1 is 1.17 bits per heavy atom. The highest BCUT2D eigenvalue weighted by Gasteiger charge is 2.22. The van der Waals surface area contributed by atoms with Gasteiger partial charge in [-0.2, -0.15) is 0 Å². The highest BCUT2D eigenvalue weighted by molar-refractivity contribution is 7.17. The van der Waals surface area contributed by atoms with Crippen LogP contribution in [0.2, 0.25) is 0 Å². The highest BCUT2D eigenvalue weighted by Crippen LogP contribution is 2.35. The number of nitrogens with zero attached hydrogens (tertiary/aromatic N) is 4. The molecule has 3 heterocycles. The molecule has 0 N–H and O–H groups in total. The number of aromatic nitrogens is 3. The molecule has 4 aromatic rings. The molecule has 0 bridgehead atoms. The fourth-order valence-corrected chi connectivity index (χ4v) is 4.54. The number of rotatable bonds is 5. The van der Waals surface area contributed by atoms with Crippen LogP contribution >= 0.6 is 11.3 Å². The van der Waals surface area contributed by atoms with Crippen LogP contribution in [0, 0.1) is 6.92 Å². The zero-order chi connectivity index (χ0) is 20.5. The molecule has 29 heavy (non-hydrogen) atoms. The van der Waals surface area contributed by atoms with Gasteiger partial charge in [0.25, 0.3) is 5.91 Å². The SMILES string of the molecule is Cc1nc(-c2cn(C(C)C)c3ncccc23)sc1C(=O)N(C)Cc1ccccc1. The van der Waals surface area contributed by atoms with Crippen LogP contribution in [0.25, 0.3) is 21.6 Å². The number of thiazole rings is 1. The van der Waals surface area contributed by atoms with E-state index in [1.807, 2.05) is 56.6 Å². The second-order valence-corrected chi connectivity index (χ2v) is 8.50. The van der Waals surface area contributed by atoms with E-state index in [-0.39, 0.29) is 5.91 Å². The Hall–Kier alpha value is -2.99. The predicted octanol–water partition coefficient (Wildman–Crippen LogP) is 5.32. The molecule has 1 amide bonds. The Morgan fingerprint density at radius 3 is 2.66 bits per heavy atom. The molecule has 0 fully saturated rings. The summed E-state index contributed by atoms with van der Waals surface area (Å²) in [5.74, 6) is 0.000765. The molecule has 0 unspecified atom stereocenters. The molecule has 0 atom stereocenters. The van der Waals surface area contributed by atoms with Crippen molar-refractivity contribution in [3.63, 3.8) is 0 Å². The van der Waals surface area contributed by atoms with Crippen molar-refractivity contribution in [3.8, 4) is 10.6 Å². The predicted molar refractivity (Wildman–Crippen MR) is 118 cm³/mol. The van der Waals surface area contributed by atoms with Crippen LogP contribution in [0.4, 0.5) is 0 Å². The number of fused-ring (bicyclic) bond motifs is 1. The van der Waals surface area contributed by atoms with E-state index in [0.29, 0.717) is 17.5 Å². The highest BCUT2D eigenvalue weighted by atomic mass is 32.1. The summed E-state index contributed by atoms with van der Waals surface area (Å²) >= 11 is 1.46. The largest absolute Gasteiger partial charge is 0.337 e. The number of carbonyl (C=O) groups excluding carboxylic acids is 1. The van der Waals surface area contributed by atoms with Crippen LogP contribution in [-0.2, 0) is 6.54 Å². The summed E-state index contributed by atoms with van der Waals surface area (Å²) in [5.41, 5.74) is 3.85. The van der Waals surface area contributed by atoms with Gasteiger partial charge in [0.05, 0.1) is 5.69 Å². The average molecular weight is 405 g/mol. The lowest BCUT2D eigenvalue weighted by molar-refractivity contribution is 0.0789. The van der Waals surface area contributed by atoms with Crippen LogP contribution in [-0.4, -0.2) is 32.4 Å². The quantitative estimate of drug-likeness (QED) is 0.452. The van der Waals surface area contributed by atoms with Crippen LogP contribution < -0.4 is 0 Å². The zero-order valence-electron chi connectivity index (χ0n) is 17.1. The molecule has 0 spiro atoms. The molecule has 5 nitrogen and oxygen atoms in total. The van der Waals surface area contributed by atoms with Gasteiger partial charge in [-0.1, -0.05) is 30.3 Å². The number of amides is 1. The van der Waals surface area contributed by atoms with Gasteiger partial charge in [-0.15, -0.1) is 11.3 Å². The molecule has 0 radical (unpaired) electrons. The van der Waals surface area contributed by atoms with E-state index >= 15 is 0 Å². The maximum atomic E-state index is 13.1. The van der Waals surface area contributed by atoms with Crippen LogP contribution in [0.5, 0.6) is 0 Å². The standard InChI is InChI=1S/C23H24N4OS/c1-15(2)27-14-19(18-11-8-12-24-21(18)27)22-25-16(3)20(29-22)23(28)26(4)13-17-9-6-5-7-10-17/h5-12,14-15H,13H2,1-4H3. The topological polar surface area (TPSA) is 51.0 Å². The van der Waals surface area contributed by atoms with Crippen LogP contribution in [0.15, 0.2) is 54.9 Å². The number of aryl methyl sites for hydroxylation is 1. The van der Waals surface area contributed by atoms with Crippen LogP contribution in [0.1, 0.15) is 40.8 Å². The Kier molecular flexibility index (Phi) is 5.20. The molecule has 4 rings (SSSR count). The Labute approximate surface area is 174 Å². The zero-order valence-corrected chi connectivity index (χ0v) is 17.9. The van der Waals surface area contributed by atoms with Crippen molar-refractivity contribution in [2.45, 2.75) is 33.4 Å². The number of benzene rings is 1. The van der Waals surface area contributed by atoms with Gasteiger partial charge >= 0.3 is 0 Å². The number of hydrogen-bond acceptors (Lipinski definition) is 4. The smallest absolute Gasteiger partial charge is 0.265 e. The lowest BCUT2D eigenvalue weighted by Crippen LogP contribution is -2.26. The molecule has 0 saturated carbocycles. The molecule has 6 heteroatoms. The molecular formula is C23H24N4OS. The summed E-state index contributed by atoms with van der Waals surface area (Å²) < 4.78 is 2.16. The van der Waals surface area contributed by atoms with Crippen molar-refractivity contribution in [1.29, 1.82) is 0 Å². The van der Waals surface area contributed by atoms with E-state index in [0.717, 1.165) is 32.9 Å². The van der Waals surface area contributed by atoms with E-state index in [4.69, 9.17) is 4.98 Å². The van der Waals surface area contributed by atoms with Crippen molar-refractivity contribution in [1.82, 2.24) is 19.4 Å². The third kappa shape index (κ3) is 3.68. The lowest BCUT2D eigenvalue weighted by atomic mass is 10.2. The Morgan fingerprint density at radius 2 is 1.93 bits per heavy atom. The van der Waals surface area contributed by atoms with Gasteiger partial charge in [0.15, 0.2) is 0 Å². The first-order valence-electron chi connectivity index (χ1n) is 9.68. The fraction of sp³-hybridized carbons (Fsp3) is 0.261. The molecule has 0 aliphatic carbocycles. The molecule has 148 valence electrons. The molecule has 1 aromatic carbocycles. The maximum absolute atomic E-state index is 13.1. The van der Waals surface area contributed by atoms with Gasteiger partial charge < -0.3 is 9.47 Å². The van der Waals surface area contributed by atoms with Crippen molar-refractivity contribution < 1.29 is 4.79 Å². The first-order valence-corrected chi connectivity index (χ1v) is 10.5.